The Hall–Kier alpha value is -1.46. The Kier molecular flexibility index (Phi) is 7.95. The third kappa shape index (κ3) is 5.81. The molecule has 4 N–H and O–H groups in total. The van der Waals surface area contributed by atoms with Crippen LogP contribution in [0, 0.1) is 6.92 Å². The topological polar surface area (TPSA) is 79.5 Å². The van der Waals surface area contributed by atoms with Gasteiger partial charge >= 0.3 is 6.03 Å². The van der Waals surface area contributed by atoms with E-state index in [-0.39, 0.29) is 18.4 Å². The maximum atomic E-state index is 11.6. The molecule has 0 radical (unpaired) electrons. The van der Waals surface area contributed by atoms with Gasteiger partial charge in [-0.15, -0.1) is 12.4 Å². The molecule has 0 aliphatic rings. The summed E-state index contributed by atoms with van der Waals surface area (Å²) in [5.41, 5.74) is 6.98. The lowest BCUT2D eigenvalue weighted by Crippen LogP contribution is -2.39. The van der Waals surface area contributed by atoms with Gasteiger partial charge in [-0.05, 0) is 25.0 Å². The molecule has 0 spiro atoms. The van der Waals surface area contributed by atoms with Crippen molar-refractivity contribution in [1.82, 2.24) is 5.32 Å². The molecule has 0 aromatic heterocycles. The van der Waals surface area contributed by atoms with Crippen LogP contribution in [0.3, 0.4) is 0 Å². The number of carbonyl (C=O) groups is 1. The summed E-state index contributed by atoms with van der Waals surface area (Å²) in [6.07, 6.45) is 0.869. The van der Waals surface area contributed by atoms with E-state index >= 15 is 0 Å². The minimum Gasteiger partial charge on any atom is -0.370 e. The van der Waals surface area contributed by atoms with Crippen LogP contribution in [0.2, 0.25) is 5.02 Å². The van der Waals surface area contributed by atoms with Gasteiger partial charge in [-0.2, -0.15) is 0 Å². The van der Waals surface area contributed by atoms with Gasteiger partial charge in [0.2, 0.25) is 0 Å². The Morgan fingerprint density at radius 2 is 2.16 bits per heavy atom. The molecule has 106 valence electrons. The molecule has 7 heteroatoms. The minimum atomic E-state index is -0.455. The van der Waals surface area contributed by atoms with Crippen LogP contribution >= 0.6 is 24.0 Å². The van der Waals surface area contributed by atoms with Gasteiger partial charge in [-0.25, -0.2) is 4.79 Å². The third-order valence-corrected chi connectivity index (χ3v) is 2.52. The van der Waals surface area contributed by atoms with Crippen molar-refractivity contribution in [3.8, 4) is 0 Å². The summed E-state index contributed by atoms with van der Waals surface area (Å²) in [6.45, 7) is 4.41. The number of carbonyl (C=O) groups excluding carboxylic acids is 1. The van der Waals surface area contributed by atoms with Crippen LogP contribution in [-0.2, 0) is 0 Å². The van der Waals surface area contributed by atoms with Crippen molar-refractivity contribution in [3.05, 3.63) is 28.8 Å². The molecule has 0 aliphatic carbocycles. The monoisotopic (exact) mass is 304 g/mol. The fourth-order valence-electron chi connectivity index (χ4n) is 1.32. The van der Waals surface area contributed by atoms with Gasteiger partial charge in [0, 0.05) is 6.54 Å². The zero-order valence-corrected chi connectivity index (χ0v) is 12.4. The fraction of sp³-hybridized carbons (Fsp3) is 0.333. The Balaban J connectivity index is 0.00000324. The van der Waals surface area contributed by atoms with Gasteiger partial charge in [0.15, 0.2) is 5.96 Å². The van der Waals surface area contributed by atoms with Crippen LogP contribution in [-0.4, -0.2) is 18.5 Å². The predicted molar refractivity (Wildman–Crippen MR) is 82.4 cm³/mol. The molecule has 0 unspecified atom stereocenters. The summed E-state index contributed by atoms with van der Waals surface area (Å²) in [4.78, 5) is 15.6. The lowest BCUT2D eigenvalue weighted by Gasteiger charge is -2.10. The maximum absolute atomic E-state index is 11.6. The highest BCUT2D eigenvalue weighted by Gasteiger charge is 2.08. The number of aryl methyl sites for hydroxylation is 1. The molecule has 0 bridgehead atoms. The molecule has 0 saturated carbocycles. The van der Waals surface area contributed by atoms with E-state index in [4.69, 9.17) is 17.3 Å². The van der Waals surface area contributed by atoms with E-state index in [0.29, 0.717) is 17.3 Å². The lowest BCUT2D eigenvalue weighted by molar-refractivity contribution is 0.256. The van der Waals surface area contributed by atoms with E-state index in [1.165, 1.54) is 0 Å². The standard InChI is InChI=1S/C12H17ClN4O.ClH/c1-3-7-15-11(14)17-12(18)16-10-8(2)5-4-6-9(10)13;/h4-6H,3,7H2,1-2H3,(H4,14,15,16,17,18);1H. The Morgan fingerprint density at radius 1 is 1.47 bits per heavy atom. The second-order valence-electron chi connectivity index (χ2n) is 3.78. The van der Waals surface area contributed by atoms with Gasteiger partial charge in [0.1, 0.15) is 0 Å². The number of aliphatic imine (C=N–C) groups is 1. The number of urea groups is 1. The van der Waals surface area contributed by atoms with Crippen molar-refractivity contribution in [2.75, 3.05) is 11.9 Å². The van der Waals surface area contributed by atoms with Gasteiger partial charge in [-0.1, -0.05) is 30.7 Å². The number of rotatable bonds is 3. The number of nitrogens with zero attached hydrogens (tertiary/aromatic N) is 1. The zero-order chi connectivity index (χ0) is 13.5. The largest absolute Gasteiger partial charge is 0.370 e. The second kappa shape index (κ2) is 8.61. The summed E-state index contributed by atoms with van der Waals surface area (Å²) in [5, 5.41) is 5.56. The Bertz CT molecular complexity index is 443. The van der Waals surface area contributed by atoms with Crippen LogP contribution in [0.5, 0.6) is 0 Å². The van der Waals surface area contributed by atoms with Crippen molar-refractivity contribution in [2.45, 2.75) is 20.3 Å². The number of guanidine groups is 1. The van der Waals surface area contributed by atoms with Gasteiger partial charge < -0.3 is 11.1 Å². The number of nitrogens with two attached hydrogens (primary N) is 1. The number of halogens is 2. The molecular weight excluding hydrogens is 287 g/mol. The lowest BCUT2D eigenvalue weighted by atomic mass is 10.2. The summed E-state index contributed by atoms with van der Waals surface area (Å²) < 4.78 is 0. The first-order chi connectivity index (χ1) is 8.54. The summed E-state index contributed by atoms with van der Waals surface area (Å²) in [6, 6.07) is 4.93. The first-order valence-electron chi connectivity index (χ1n) is 5.67. The quantitative estimate of drug-likeness (QED) is 0.593. The number of para-hydroxylation sites is 1. The molecule has 1 rings (SSSR count). The van der Waals surface area contributed by atoms with Gasteiger partial charge in [-0.3, -0.25) is 10.3 Å². The molecule has 0 fully saturated rings. The summed E-state index contributed by atoms with van der Waals surface area (Å²) >= 11 is 5.99. The van der Waals surface area contributed by atoms with Crippen molar-refractivity contribution in [2.24, 2.45) is 10.7 Å². The molecule has 2 amide bonds. The minimum absolute atomic E-state index is 0. The van der Waals surface area contributed by atoms with E-state index in [1.54, 1.807) is 6.07 Å². The first-order valence-corrected chi connectivity index (χ1v) is 6.05. The number of benzene rings is 1. The second-order valence-corrected chi connectivity index (χ2v) is 4.19. The van der Waals surface area contributed by atoms with Gasteiger partial charge in [0.05, 0.1) is 10.7 Å². The van der Waals surface area contributed by atoms with E-state index in [0.717, 1.165) is 12.0 Å². The van der Waals surface area contributed by atoms with Crippen LogP contribution in [0.25, 0.3) is 0 Å². The molecule has 1 aromatic carbocycles. The van der Waals surface area contributed by atoms with Gasteiger partial charge in [0.25, 0.3) is 0 Å². The Labute approximate surface area is 124 Å². The molecular formula is C12H18Cl2N4O. The normalized spacial score (nSPS) is 10.6. The highest BCUT2D eigenvalue weighted by Crippen LogP contribution is 2.24. The number of hydrogen-bond donors (Lipinski definition) is 3. The van der Waals surface area contributed by atoms with Crippen molar-refractivity contribution < 1.29 is 4.79 Å². The number of amides is 2. The van der Waals surface area contributed by atoms with Crippen molar-refractivity contribution >= 4 is 41.7 Å². The van der Waals surface area contributed by atoms with E-state index in [1.807, 2.05) is 26.0 Å². The number of nitrogens with one attached hydrogen (secondary N) is 2. The molecule has 0 saturated heterocycles. The summed E-state index contributed by atoms with van der Waals surface area (Å²) in [7, 11) is 0. The SMILES string of the molecule is CCCN=C(N)NC(=O)Nc1c(C)cccc1Cl.Cl. The number of anilines is 1. The molecule has 19 heavy (non-hydrogen) atoms. The molecule has 1 aromatic rings. The van der Waals surface area contributed by atoms with E-state index in [9.17, 15) is 4.79 Å². The highest BCUT2D eigenvalue weighted by molar-refractivity contribution is 6.34. The molecule has 0 atom stereocenters. The van der Waals surface area contributed by atoms with Crippen LogP contribution in [0.4, 0.5) is 10.5 Å². The van der Waals surface area contributed by atoms with Crippen LogP contribution < -0.4 is 16.4 Å². The zero-order valence-electron chi connectivity index (χ0n) is 10.9. The van der Waals surface area contributed by atoms with E-state index < -0.39 is 6.03 Å². The van der Waals surface area contributed by atoms with E-state index in [2.05, 4.69) is 15.6 Å². The average Bonchev–Trinajstić information content (AvgIpc) is 2.31. The average molecular weight is 305 g/mol. The predicted octanol–water partition coefficient (Wildman–Crippen LogP) is 2.92. The molecule has 5 nitrogen and oxygen atoms in total. The fourth-order valence-corrected chi connectivity index (χ4v) is 1.59. The molecule has 0 heterocycles. The highest BCUT2D eigenvalue weighted by atomic mass is 35.5. The smallest absolute Gasteiger partial charge is 0.326 e. The molecule has 0 aliphatic heterocycles. The summed E-state index contributed by atoms with van der Waals surface area (Å²) in [5.74, 6) is 0.0963. The van der Waals surface area contributed by atoms with Crippen LogP contribution in [0.15, 0.2) is 23.2 Å². The van der Waals surface area contributed by atoms with Crippen molar-refractivity contribution in [1.29, 1.82) is 0 Å². The van der Waals surface area contributed by atoms with Crippen molar-refractivity contribution in [3.63, 3.8) is 0 Å². The Morgan fingerprint density at radius 3 is 2.74 bits per heavy atom. The first kappa shape index (κ1) is 17.5. The third-order valence-electron chi connectivity index (χ3n) is 2.21. The maximum Gasteiger partial charge on any atom is 0.326 e. The number of hydrogen-bond acceptors (Lipinski definition) is 2. The van der Waals surface area contributed by atoms with Crippen LogP contribution in [0.1, 0.15) is 18.9 Å².